The maximum absolute atomic E-state index is 12.5. The fraction of sp³-hybridized carbons (Fsp3) is 0.886. The molecular formula is C70H133NO5. The minimum atomic E-state index is -0.845. The molecule has 0 spiro atoms. The van der Waals surface area contributed by atoms with Crippen LogP contribution in [0.2, 0.25) is 0 Å². The Morgan fingerprint density at radius 2 is 0.658 bits per heavy atom. The molecule has 0 aliphatic heterocycles. The molecule has 0 aromatic rings. The molecule has 3 N–H and O–H groups in total. The number of amides is 1. The first-order chi connectivity index (χ1) is 37.5. The predicted octanol–water partition coefficient (Wildman–Crippen LogP) is 21.9. The van der Waals surface area contributed by atoms with Crippen molar-refractivity contribution in [2.45, 2.75) is 386 Å². The number of hydrogen-bond acceptors (Lipinski definition) is 5. The molecule has 0 radical (unpaired) electrons. The topological polar surface area (TPSA) is 95.9 Å². The third kappa shape index (κ3) is 61.3. The van der Waals surface area contributed by atoms with E-state index in [9.17, 15) is 19.8 Å². The highest BCUT2D eigenvalue weighted by atomic mass is 16.5. The Bertz CT molecular complexity index is 1230. The number of unbranched alkanes of at least 4 members (excludes halogenated alkanes) is 49. The van der Waals surface area contributed by atoms with Crippen LogP contribution in [0.4, 0.5) is 0 Å². The number of rotatable bonds is 64. The maximum Gasteiger partial charge on any atom is 0.305 e. The van der Waals surface area contributed by atoms with Gasteiger partial charge in [0.05, 0.1) is 25.4 Å². The van der Waals surface area contributed by atoms with Gasteiger partial charge in [0.25, 0.3) is 0 Å². The van der Waals surface area contributed by atoms with Gasteiger partial charge in [-0.2, -0.15) is 0 Å². The normalized spacial score (nSPS) is 12.7. The van der Waals surface area contributed by atoms with Crippen LogP contribution >= 0.6 is 0 Å². The molecule has 2 atom stereocenters. The summed E-state index contributed by atoms with van der Waals surface area (Å²) in [5, 5.41) is 23.2. The lowest BCUT2D eigenvalue weighted by Gasteiger charge is -2.20. The number of allylic oxidation sites excluding steroid dienone is 5. The van der Waals surface area contributed by atoms with Crippen molar-refractivity contribution in [1.82, 2.24) is 5.32 Å². The van der Waals surface area contributed by atoms with Gasteiger partial charge in [0.1, 0.15) is 0 Å². The van der Waals surface area contributed by atoms with E-state index in [1.54, 1.807) is 6.08 Å². The highest BCUT2D eigenvalue weighted by Gasteiger charge is 2.18. The second kappa shape index (κ2) is 65.6. The van der Waals surface area contributed by atoms with Crippen LogP contribution in [0.1, 0.15) is 373 Å². The van der Waals surface area contributed by atoms with Crippen LogP contribution in [0.5, 0.6) is 0 Å². The van der Waals surface area contributed by atoms with Crippen LogP contribution in [0.3, 0.4) is 0 Å². The maximum atomic E-state index is 12.5. The van der Waals surface area contributed by atoms with Gasteiger partial charge in [-0.05, 0) is 64.2 Å². The largest absolute Gasteiger partial charge is 0.466 e. The van der Waals surface area contributed by atoms with Gasteiger partial charge in [0.2, 0.25) is 5.91 Å². The standard InChI is InChI=1S/C70H133NO5/c1-3-5-7-9-11-13-15-17-19-20-21-28-31-35-38-42-46-50-54-58-62-68(73)67(66-72)71-69(74)63-59-55-51-47-43-39-36-32-29-26-24-22-23-25-27-30-33-37-41-45-49-53-57-61-65-76-70(75)64-60-56-52-48-44-40-34-18-16-14-12-10-8-6-4-2/h12,14,18,34,58,62,67-68,72-73H,3-11,13,15-17,19-33,35-57,59-61,63-66H2,1-2H3,(H,71,74)/b14-12-,34-18-,62-58+. The number of hydrogen-bond donors (Lipinski definition) is 3. The smallest absolute Gasteiger partial charge is 0.305 e. The SMILES string of the molecule is CCCCC/C=C\C/C=C\CCCCCCCC(=O)OCCCCCCCCCCCCCCCCCCCCCCCCCCC(=O)NC(CO)C(O)/C=C/CCCCCCCCCCCCCCCCCCCC. The van der Waals surface area contributed by atoms with Gasteiger partial charge in [0, 0.05) is 12.8 Å². The quantitative estimate of drug-likeness (QED) is 0.0320. The Kier molecular flexibility index (Phi) is 63.9. The van der Waals surface area contributed by atoms with Crippen LogP contribution in [-0.2, 0) is 14.3 Å². The second-order valence-corrected chi connectivity index (χ2v) is 23.5. The van der Waals surface area contributed by atoms with Crippen LogP contribution in [0.25, 0.3) is 0 Å². The van der Waals surface area contributed by atoms with Gasteiger partial charge in [-0.15, -0.1) is 0 Å². The van der Waals surface area contributed by atoms with Crippen molar-refractivity contribution < 1.29 is 24.5 Å². The number of aliphatic hydroxyl groups excluding tert-OH is 2. The van der Waals surface area contributed by atoms with Gasteiger partial charge >= 0.3 is 5.97 Å². The molecule has 0 saturated heterocycles. The summed E-state index contributed by atoms with van der Waals surface area (Å²) in [6, 6.07) is -0.628. The fourth-order valence-corrected chi connectivity index (χ4v) is 10.7. The van der Waals surface area contributed by atoms with Crippen molar-refractivity contribution >= 4 is 11.9 Å². The Hall–Kier alpha value is -1.92. The number of esters is 1. The number of aliphatic hydroxyl groups is 2. The molecule has 0 aromatic carbocycles. The molecule has 0 saturated carbocycles. The van der Waals surface area contributed by atoms with E-state index in [0.717, 1.165) is 51.4 Å². The van der Waals surface area contributed by atoms with Crippen molar-refractivity contribution in [1.29, 1.82) is 0 Å². The third-order valence-electron chi connectivity index (χ3n) is 15.9. The number of nitrogens with one attached hydrogen (secondary N) is 1. The van der Waals surface area contributed by atoms with Crippen LogP contribution in [0, 0.1) is 0 Å². The van der Waals surface area contributed by atoms with Crippen LogP contribution < -0.4 is 5.32 Å². The molecule has 0 rings (SSSR count). The molecule has 0 aliphatic carbocycles. The van der Waals surface area contributed by atoms with Crippen molar-refractivity contribution in [2.75, 3.05) is 13.2 Å². The summed E-state index contributed by atoms with van der Waals surface area (Å²) >= 11 is 0. The van der Waals surface area contributed by atoms with Gasteiger partial charge in [0.15, 0.2) is 0 Å². The average Bonchev–Trinajstić information content (AvgIpc) is 3.42. The number of carbonyl (C=O) groups is 2. The number of ether oxygens (including phenoxy) is 1. The average molecular weight is 1070 g/mol. The summed E-state index contributed by atoms with van der Waals surface area (Å²) in [6.07, 6.45) is 83.5. The molecule has 448 valence electrons. The highest BCUT2D eigenvalue weighted by Crippen LogP contribution is 2.18. The highest BCUT2D eigenvalue weighted by molar-refractivity contribution is 5.76. The van der Waals surface area contributed by atoms with E-state index in [4.69, 9.17) is 4.74 Å². The van der Waals surface area contributed by atoms with Crippen molar-refractivity contribution in [3.8, 4) is 0 Å². The first kappa shape index (κ1) is 74.1. The first-order valence-corrected chi connectivity index (χ1v) is 34.3. The summed E-state index contributed by atoms with van der Waals surface area (Å²) in [7, 11) is 0. The molecule has 0 heterocycles. The monoisotopic (exact) mass is 1070 g/mol. The van der Waals surface area contributed by atoms with E-state index in [-0.39, 0.29) is 18.5 Å². The minimum Gasteiger partial charge on any atom is -0.466 e. The van der Waals surface area contributed by atoms with Crippen molar-refractivity contribution in [3.05, 3.63) is 36.5 Å². The summed E-state index contributed by atoms with van der Waals surface area (Å²) in [6.45, 7) is 4.90. The minimum absolute atomic E-state index is 0.00134. The molecule has 2 unspecified atom stereocenters. The second-order valence-electron chi connectivity index (χ2n) is 23.5. The summed E-state index contributed by atoms with van der Waals surface area (Å²) < 4.78 is 5.48. The molecular weight excluding hydrogens is 935 g/mol. The van der Waals surface area contributed by atoms with Crippen molar-refractivity contribution in [2.24, 2.45) is 0 Å². The van der Waals surface area contributed by atoms with Gasteiger partial charge < -0.3 is 20.3 Å². The molecule has 76 heavy (non-hydrogen) atoms. The molecule has 0 aliphatic rings. The lowest BCUT2D eigenvalue weighted by atomic mass is 10.0. The Morgan fingerprint density at radius 1 is 0.368 bits per heavy atom. The zero-order valence-electron chi connectivity index (χ0n) is 51.3. The zero-order chi connectivity index (χ0) is 55.0. The number of carbonyl (C=O) groups excluding carboxylic acids is 2. The molecule has 6 nitrogen and oxygen atoms in total. The lowest BCUT2D eigenvalue weighted by molar-refractivity contribution is -0.143. The first-order valence-electron chi connectivity index (χ1n) is 34.3. The summed E-state index contributed by atoms with van der Waals surface area (Å²) in [4.78, 5) is 24.6. The Balaban J connectivity index is 3.40. The Labute approximate surface area is 474 Å². The van der Waals surface area contributed by atoms with Gasteiger partial charge in [-0.25, -0.2) is 0 Å². The molecule has 6 heteroatoms. The molecule has 0 bridgehead atoms. The van der Waals surface area contributed by atoms with E-state index >= 15 is 0 Å². The van der Waals surface area contributed by atoms with Gasteiger partial charge in [-0.1, -0.05) is 333 Å². The van der Waals surface area contributed by atoms with Crippen LogP contribution in [-0.4, -0.2) is 47.4 Å². The predicted molar refractivity (Wildman–Crippen MR) is 333 cm³/mol. The summed E-state index contributed by atoms with van der Waals surface area (Å²) in [5.74, 6) is -0.0624. The molecule has 0 fully saturated rings. The molecule has 1 amide bonds. The van der Waals surface area contributed by atoms with E-state index < -0.39 is 12.1 Å². The van der Waals surface area contributed by atoms with Crippen LogP contribution in [0.15, 0.2) is 36.5 Å². The Morgan fingerprint density at radius 3 is 1.03 bits per heavy atom. The van der Waals surface area contributed by atoms with E-state index in [0.29, 0.717) is 19.4 Å². The van der Waals surface area contributed by atoms with Gasteiger partial charge in [-0.3, -0.25) is 9.59 Å². The van der Waals surface area contributed by atoms with Crippen molar-refractivity contribution in [3.63, 3.8) is 0 Å². The van der Waals surface area contributed by atoms with E-state index in [1.807, 2.05) is 6.08 Å². The fourth-order valence-electron chi connectivity index (χ4n) is 10.7. The van der Waals surface area contributed by atoms with E-state index in [1.165, 1.54) is 295 Å². The lowest BCUT2D eigenvalue weighted by Crippen LogP contribution is -2.45. The van der Waals surface area contributed by atoms with E-state index in [2.05, 4.69) is 43.5 Å². The third-order valence-corrected chi connectivity index (χ3v) is 15.9. The molecule has 0 aromatic heterocycles. The summed E-state index contributed by atoms with van der Waals surface area (Å²) in [5.41, 5.74) is 0. The zero-order valence-corrected chi connectivity index (χ0v) is 51.3.